The molecule has 25 heavy (non-hydrogen) atoms. The van der Waals surface area contributed by atoms with Crippen molar-refractivity contribution in [3.8, 4) is 0 Å². The van der Waals surface area contributed by atoms with E-state index in [9.17, 15) is 4.79 Å². The average Bonchev–Trinajstić information content (AvgIpc) is 2.53. The first-order chi connectivity index (χ1) is 11.8. The third-order valence-electron chi connectivity index (χ3n) is 4.62. The van der Waals surface area contributed by atoms with Crippen molar-refractivity contribution in [2.24, 2.45) is 0 Å². The quantitative estimate of drug-likeness (QED) is 0.894. The Hall–Kier alpha value is -1.79. The highest BCUT2D eigenvalue weighted by molar-refractivity contribution is 5.89. The number of benzene rings is 1. The standard InChI is InChI=1S/C19H29N3O3/c1-14-11-22(12-15(2)25-14)17-7-5-16(6-8-17)20-18(23)21-9-10-24-19(3,4)13-21/h5-8,14-15H,9-13H2,1-4H3,(H,20,23)/t14-,15-/m0/s1. The van der Waals surface area contributed by atoms with Gasteiger partial charge < -0.3 is 24.6 Å². The van der Waals surface area contributed by atoms with E-state index < -0.39 is 0 Å². The van der Waals surface area contributed by atoms with E-state index in [-0.39, 0.29) is 23.8 Å². The molecule has 1 aromatic rings. The van der Waals surface area contributed by atoms with Gasteiger partial charge in [0.1, 0.15) is 0 Å². The van der Waals surface area contributed by atoms with Crippen molar-refractivity contribution < 1.29 is 14.3 Å². The lowest BCUT2D eigenvalue weighted by Gasteiger charge is -2.38. The second-order valence-electron chi connectivity index (χ2n) is 7.67. The van der Waals surface area contributed by atoms with E-state index in [1.807, 2.05) is 30.9 Å². The van der Waals surface area contributed by atoms with Gasteiger partial charge in [-0.15, -0.1) is 0 Å². The van der Waals surface area contributed by atoms with Crippen molar-refractivity contribution in [3.05, 3.63) is 24.3 Å². The summed E-state index contributed by atoms with van der Waals surface area (Å²) in [6.45, 7) is 11.8. The predicted molar refractivity (Wildman–Crippen MR) is 99.3 cm³/mol. The molecule has 0 saturated carbocycles. The lowest BCUT2D eigenvalue weighted by atomic mass is 10.1. The minimum atomic E-state index is -0.289. The van der Waals surface area contributed by atoms with Crippen LogP contribution in [-0.2, 0) is 9.47 Å². The fourth-order valence-corrected chi connectivity index (χ4v) is 3.54. The summed E-state index contributed by atoms with van der Waals surface area (Å²) in [6, 6.07) is 7.97. The van der Waals surface area contributed by atoms with Gasteiger partial charge in [0.15, 0.2) is 0 Å². The number of anilines is 2. The van der Waals surface area contributed by atoms with E-state index in [1.165, 1.54) is 0 Å². The second kappa shape index (κ2) is 7.22. The third kappa shape index (κ3) is 4.64. The number of urea groups is 1. The first-order valence-corrected chi connectivity index (χ1v) is 9.03. The maximum absolute atomic E-state index is 12.5. The number of nitrogens with zero attached hydrogens (tertiary/aromatic N) is 2. The highest BCUT2D eigenvalue weighted by Crippen LogP contribution is 2.23. The molecule has 138 valence electrons. The van der Waals surface area contributed by atoms with Gasteiger partial charge in [-0.1, -0.05) is 0 Å². The summed E-state index contributed by atoms with van der Waals surface area (Å²) < 4.78 is 11.4. The molecule has 2 aliphatic heterocycles. The highest BCUT2D eigenvalue weighted by Gasteiger charge is 2.30. The van der Waals surface area contributed by atoms with Gasteiger partial charge in [0.05, 0.1) is 31.0 Å². The number of carbonyl (C=O) groups is 1. The Labute approximate surface area is 150 Å². The van der Waals surface area contributed by atoms with Gasteiger partial charge in [0.25, 0.3) is 0 Å². The number of rotatable bonds is 2. The van der Waals surface area contributed by atoms with Crippen LogP contribution in [0.15, 0.2) is 24.3 Å². The molecule has 0 unspecified atom stereocenters. The molecule has 0 spiro atoms. The zero-order chi connectivity index (χ0) is 18.0. The van der Waals surface area contributed by atoms with E-state index in [4.69, 9.17) is 9.47 Å². The summed E-state index contributed by atoms with van der Waals surface area (Å²) in [5, 5.41) is 2.99. The maximum atomic E-state index is 12.5. The van der Waals surface area contributed by atoms with E-state index in [2.05, 4.69) is 36.2 Å². The number of morpholine rings is 2. The van der Waals surface area contributed by atoms with Crippen molar-refractivity contribution in [2.75, 3.05) is 43.0 Å². The maximum Gasteiger partial charge on any atom is 0.322 e. The van der Waals surface area contributed by atoms with Gasteiger partial charge in [0, 0.05) is 31.0 Å². The van der Waals surface area contributed by atoms with Crippen LogP contribution < -0.4 is 10.2 Å². The van der Waals surface area contributed by atoms with Crippen LogP contribution >= 0.6 is 0 Å². The molecule has 2 saturated heterocycles. The normalized spacial score (nSPS) is 26.4. The van der Waals surface area contributed by atoms with Crippen molar-refractivity contribution in [3.63, 3.8) is 0 Å². The molecule has 6 nitrogen and oxygen atoms in total. The van der Waals surface area contributed by atoms with Gasteiger partial charge in [-0.3, -0.25) is 0 Å². The smallest absolute Gasteiger partial charge is 0.322 e. The molecular weight excluding hydrogens is 318 g/mol. The van der Waals surface area contributed by atoms with E-state index in [1.54, 1.807) is 0 Å². The lowest BCUT2D eigenvalue weighted by molar-refractivity contribution is -0.0720. The molecule has 0 bridgehead atoms. The summed E-state index contributed by atoms with van der Waals surface area (Å²) in [5.74, 6) is 0. The van der Waals surface area contributed by atoms with Gasteiger partial charge in [0.2, 0.25) is 0 Å². The molecule has 2 amide bonds. The number of hydrogen-bond donors (Lipinski definition) is 1. The Morgan fingerprint density at radius 3 is 2.40 bits per heavy atom. The molecule has 2 fully saturated rings. The molecular formula is C19H29N3O3. The highest BCUT2D eigenvalue weighted by atomic mass is 16.5. The number of carbonyl (C=O) groups excluding carboxylic acids is 1. The van der Waals surface area contributed by atoms with E-state index in [0.717, 1.165) is 24.5 Å². The molecule has 2 atom stereocenters. The van der Waals surface area contributed by atoms with Crippen LogP contribution in [0.5, 0.6) is 0 Å². The molecule has 1 N–H and O–H groups in total. The van der Waals surface area contributed by atoms with Crippen LogP contribution in [0.3, 0.4) is 0 Å². The Morgan fingerprint density at radius 2 is 1.80 bits per heavy atom. The monoisotopic (exact) mass is 347 g/mol. The summed E-state index contributed by atoms with van der Waals surface area (Å²) >= 11 is 0. The number of ether oxygens (including phenoxy) is 2. The summed E-state index contributed by atoms with van der Waals surface area (Å²) in [5.41, 5.74) is 1.68. The Kier molecular flexibility index (Phi) is 5.20. The van der Waals surface area contributed by atoms with E-state index in [0.29, 0.717) is 19.7 Å². The number of nitrogens with one attached hydrogen (secondary N) is 1. The Morgan fingerprint density at radius 1 is 1.16 bits per heavy atom. The fourth-order valence-electron chi connectivity index (χ4n) is 3.54. The van der Waals surface area contributed by atoms with Crippen LogP contribution in [0, 0.1) is 0 Å². The number of hydrogen-bond acceptors (Lipinski definition) is 4. The molecule has 2 heterocycles. The summed E-state index contributed by atoms with van der Waals surface area (Å²) in [7, 11) is 0. The van der Waals surface area contributed by atoms with Crippen molar-refractivity contribution in [2.45, 2.75) is 45.5 Å². The van der Waals surface area contributed by atoms with Crippen molar-refractivity contribution in [1.82, 2.24) is 4.90 Å². The topological polar surface area (TPSA) is 54.0 Å². The average molecular weight is 347 g/mol. The van der Waals surface area contributed by atoms with Crippen LogP contribution in [0.4, 0.5) is 16.2 Å². The molecule has 0 aliphatic carbocycles. The Bertz CT molecular complexity index is 592. The van der Waals surface area contributed by atoms with Crippen LogP contribution in [0.25, 0.3) is 0 Å². The van der Waals surface area contributed by atoms with Gasteiger partial charge in [-0.2, -0.15) is 0 Å². The minimum absolute atomic E-state index is 0.0715. The molecule has 0 radical (unpaired) electrons. The number of amides is 2. The lowest BCUT2D eigenvalue weighted by Crippen LogP contribution is -2.51. The SMILES string of the molecule is C[C@H]1CN(c2ccc(NC(=O)N3CCOC(C)(C)C3)cc2)C[C@H](C)O1. The van der Waals surface area contributed by atoms with Crippen molar-refractivity contribution in [1.29, 1.82) is 0 Å². The second-order valence-corrected chi connectivity index (χ2v) is 7.67. The summed E-state index contributed by atoms with van der Waals surface area (Å²) in [6.07, 6.45) is 0.459. The zero-order valence-electron chi connectivity index (χ0n) is 15.6. The largest absolute Gasteiger partial charge is 0.372 e. The third-order valence-corrected chi connectivity index (χ3v) is 4.62. The van der Waals surface area contributed by atoms with Crippen LogP contribution in [0.1, 0.15) is 27.7 Å². The van der Waals surface area contributed by atoms with Gasteiger partial charge in [-0.25, -0.2) is 4.79 Å². The molecule has 0 aromatic heterocycles. The molecule has 2 aliphatic rings. The molecule has 3 rings (SSSR count). The fraction of sp³-hybridized carbons (Fsp3) is 0.632. The molecule has 6 heteroatoms. The first kappa shape index (κ1) is 18.0. The van der Waals surface area contributed by atoms with E-state index >= 15 is 0 Å². The predicted octanol–water partition coefficient (Wildman–Crippen LogP) is 2.94. The van der Waals surface area contributed by atoms with Crippen molar-refractivity contribution >= 4 is 17.4 Å². The van der Waals surface area contributed by atoms with Gasteiger partial charge >= 0.3 is 6.03 Å². The first-order valence-electron chi connectivity index (χ1n) is 9.03. The van der Waals surface area contributed by atoms with Crippen LogP contribution in [0.2, 0.25) is 0 Å². The zero-order valence-corrected chi connectivity index (χ0v) is 15.6. The van der Waals surface area contributed by atoms with Gasteiger partial charge in [-0.05, 0) is 52.0 Å². The summed E-state index contributed by atoms with van der Waals surface area (Å²) in [4.78, 5) is 16.6. The minimum Gasteiger partial charge on any atom is -0.372 e. The van der Waals surface area contributed by atoms with Crippen LogP contribution in [-0.4, -0.2) is 61.5 Å². The molecule has 1 aromatic carbocycles. The Balaban J connectivity index is 1.60.